The predicted molar refractivity (Wildman–Crippen MR) is 78.1 cm³/mol. The highest BCUT2D eigenvalue weighted by Crippen LogP contribution is 2.28. The van der Waals surface area contributed by atoms with Crippen LogP contribution < -0.4 is 9.47 Å². The second-order valence-electron chi connectivity index (χ2n) is 4.11. The van der Waals surface area contributed by atoms with Crippen molar-refractivity contribution in [2.75, 3.05) is 7.11 Å². The van der Waals surface area contributed by atoms with E-state index in [9.17, 15) is 0 Å². The Hall–Kier alpha value is -2.06. The van der Waals surface area contributed by atoms with Gasteiger partial charge in [0.1, 0.15) is 11.6 Å². The van der Waals surface area contributed by atoms with Crippen LogP contribution in [0.2, 0.25) is 0 Å². The molecule has 4 nitrogen and oxygen atoms in total. The van der Waals surface area contributed by atoms with Crippen LogP contribution >= 0.6 is 11.3 Å². The van der Waals surface area contributed by atoms with Crippen LogP contribution in [0.1, 0.15) is 22.5 Å². The van der Waals surface area contributed by atoms with Crippen LogP contribution in [0.5, 0.6) is 11.5 Å². The number of benzene rings is 1. The first-order valence-electron chi connectivity index (χ1n) is 6.38. The first-order chi connectivity index (χ1) is 9.78. The summed E-state index contributed by atoms with van der Waals surface area (Å²) in [5.41, 5.74) is 0.996. The Labute approximate surface area is 122 Å². The standard InChI is InChI=1S/C15H16N2O2S/c1-3-11-14(8-9-16)20-15(17-11)10-19-13-7-5-4-6-12(13)18-2/h4-7H,3,8,10H2,1-2H3. The van der Waals surface area contributed by atoms with E-state index in [0.29, 0.717) is 24.5 Å². The summed E-state index contributed by atoms with van der Waals surface area (Å²) in [6, 6.07) is 9.69. The number of methoxy groups -OCH3 is 1. The lowest BCUT2D eigenvalue weighted by Gasteiger charge is -2.08. The van der Waals surface area contributed by atoms with E-state index in [0.717, 1.165) is 22.0 Å². The quantitative estimate of drug-likeness (QED) is 0.818. The Bertz CT molecular complexity index is 617. The Morgan fingerprint density at radius 2 is 2.05 bits per heavy atom. The SMILES string of the molecule is CCc1nc(COc2ccccc2OC)sc1CC#N. The summed E-state index contributed by atoms with van der Waals surface area (Å²) in [5.74, 6) is 1.40. The number of nitriles is 1. The van der Waals surface area contributed by atoms with Crippen LogP contribution in [0.3, 0.4) is 0 Å². The largest absolute Gasteiger partial charge is 0.493 e. The van der Waals surface area contributed by atoms with Crippen molar-refractivity contribution in [1.82, 2.24) is 4.98 Å². The van der Waals surface area contributed by atoms with Gasteiger partial charge in [0.05, 0.1) is 25.3 Å². The van der Waals surface area contributed by atoms with Crippen LogP contribution in [0, 0.1) is 11.3 Å². The zero-order valence-corrected chi connectivity index (χ0v) is 12.4. The van der Waals surface area contributed by atoms with Gasteiger partial charge in [-0.3, -0.25) is 0 Å². The number of aryl methyl sites for hydroxylation is 1. The van der Waals surface area contributed by atoms with Gasteiger partial charge in [0.25, 0.3) is 0 Å². The smallest absolute Gasteiger partial charge is 0.161 e. The van der Waals surface area contributed by atoms with Crippen LogP contribution in [0.15, 0.2) is 24.3 Å². The minimum Gasteiger partial charge on any atom is -0.493 e. The van der Waals surface area contributed by atoms with Crippen LogP contribution in [-0.2, 0) is 19.4 Å². The van der Waals surface area contributed by atoms with Crippen molar-refractivity contribution >= 4 is 11.3 Å². The van der Waals surface area contributed by atoms with Crippen LogP contribution in [-0.4, -0.2) is 12.1 Å². The van der Waals surface area contributed by atoms with Gasteiger partial charge in [-0.15, -0.1) is 11.3 Å². The third kappa shape index (κ3) is 3.28. The summed E-state index contributed by atoms with van der Waals surface area (Å²) in [6.07, 6.45) is 1.25. The summed E-state index contributed by atoms with van der Waals surface area (Å²) in [6.45, 7) is 2.43. The summed E-state index contributed by atoms with van der Waals surface area (Å²) in [5, 5.41) is 9.69. The molecule has 20 heavy (non-hydrogen) atoms. The molecule has 1 heterocycles. The van der Waals surface area contributed by atoms with E-state index in [-0.39, 0.29) is 0 Å². The molecule has 2 rings (SSSR count). The van der Waals surface area contributed by atoms with Gasteiger partial charge < -0.3 is 9.47 Å². The molecule has 0 radical (unpaired) electrons. The molecule has 0 aliphatic rings. The average molecular weight is 288 g/mol. The number of para-hydroxylation sites is 2. The third-order valence-corrected chi connectivity index (χ3v) is 3.89. The molecule has 0 saturated heterocycles. The second kappa shape index (κ2) is 6.92. The van der Waals surface area contributed by atoms with Crippen molar-refractivity contribution in [3.05, 3.63) is 39.8 Å². The zero-order chi connectivity index (χ0) is 14.4. The maximum absolute atomic E-state index is 8.81. The third-order valence-electron chi connectivity index (χ3n) is 2.82. The molecule has 0 fully saturated rings. The molecular formula is C15H16N2O2S. The molecule has 5 heteroatoms. The van der Waals surface area contributed by atoms with E-state index in [2.05, 4.69) is 11.1 Å². The summed E-state index contributed by atoms with van der Waals surface area (Å²) in [7, 11) is 1.62. The molecule has 2 aromatic rings. The van der Waals surface area contributed by atoms with Crippen LogP contribution in [0.25, 0.3) is 0 Å². The van der Waals surface area contributed by atoms with Gasteiger partial charge >= 0.3 is 0 Å². The van der Waals surface area contributed by atoms with Crippen LogP contribution in [0.4, 0.5) is 0 Å². The van der Waals surface area contributed by atoms with Crippen molar-refractivity contribution in [3.8, 4) is 17.6 Å². The van der Waals surface area contributed by atoms with Crippen molar-refractivity contribution in [2.24, 2.45) is 0 Å². The minimum absolute atomic E-state index is 0.392. The minimum atomic E-state index is 0.392. The topological polar surface area (TPSA) is 55.1 Å². The normalized spacial score (nSPS) is 10.1. The maximum Gasteiger partial charge on any atom is 0.161 e. The first-order valence-corrected chi connectivity index (χ1v) is 7.20. The van der Waals surface area contributed by atoms with Gasteiger partial charge in [-0.1, -0.05) is 19.1 Å². The lowest BCUT2D eigenvalue weighted by atomic mass is 10.2. The highest BCUT2D eigenvalue weighted by Gasteiger charge is 2.11. The van der Waals surface area contributed by atoms with Gasteiger partial charge in [-0.25, -0.2) is 4.98 Å². The lowest BCUT2D eigenvalue weighted by Crippen LogP contribution is -1.97. The molecule has 0 saturated carbocycles. The van der Waals surface area contributed by atoms with Gasteiger partial charge in [-0.05, 0) is 18.6 Å². The number of hydrogen-bond donors (Lipinski definition) is 0. The molecule has 104 valence electrons. The predicted octanol–water partition coefficient (Wildman–Crippen LogP) is 3.36. The molecule has 0 spiro atoms. The molecule has 0 aliphatic carbocycles. The molecule has 0 amide bonds. The van der Waals surface area contributed by atoms with Crippen molar-refractivity contribution in [3.63, 3.8) is 0 Å². The second-order valence-corrected chi connectivity index (χ2v) is 5.27. The van der Waals surface area contributed by atoms with Crippen molar-refractivity contribution in [1.29, 1.82) is 5.26 Å². The molecule has 0 aliphatic heterocycles. The van der Waals surface area contributed by atoms with Crippen molar-refractivity contribution < 1.29 is 9.47 Å². The van der Waals surface area contributed by atoms with Gasteiger partial charge in [0.15, 0.2) is 11.5 Å². The Morgan fingerprint density at radius 3 is 2.70 bits per heavy atom. The number of ether oxygens (including phenoxy) is 2. The Morgan fingerprint density at radius 1 is 1.30 bits per heavy atom. The fourth-order valence-corrected chi connectivity index (χ4v) is 2.86. The van der Waals surface area contributed by atoms with E-state index in [1.807, 2.05) is 31.2 Å². The molecular weight excluding hydrogens is 272 g/mol. The Balaban J connectivity index is 2.09. The zero-order valence-electron chi connectivity index (χ0n) is 11.5. The number of rotatable bonds is 6. The number of aromatic nitrogens is 1. The molecule has 0 N–H and O–H groups in total. The van der Waals surface area contributed by atoms with Crippen molar-refractivity contribution in [2.45, 2.75) is 26.4 Å². The highest BCUT2D eigenvalue weighted by atomic mass is 32.1. The fraction of sp³-hybridized carbons (Fsp3) is 0.333. The van der Waals surface area contributed by atoms with E-state index in [1.54, 1.807) is 18.4 Å². The molecule has 0 unspecified atom stereocenters. The number of nitrogens with zero attached hydrogens (tertiary/aromatic N) is 2. The summed E-state index contributed by atoms with van der Waals surface area (Å²) in [4.78, 5) is 5.56. The number of hydrogen-bond acceptors (Lipinski definition) is 5. The van der Waals surface area contributed by atoms with E-state index in [1.165, 1.54) is 0 Å². The summed E-state index contributed by atoms with van der Waals surface area (Å²) < 4.78 is 11.0. The molecule has 1 aromatic heterocycles. The molecule has 1 aromatic carbocycles. The Kier molecular flexibility index (Phi) is 4.97. The van der Waals surface area contributed by atoms with E-state index < -0.39 is 0 Å². The first kappa shape index (κ1) is 14.4. The van der Waals surface area contributed by atoms with Gasteiger partial charge in [0.2, 0.25) is 0 Å². The van der Waals surface area contributed by atoms with Gasteiger partial charge in [0, 0.05) is 4.88 Å². The monoisotopic (exact) mass is 288 g/mol. The summed E-state index contributed by atoms with van der Waals surface area (Å²) >= 11 is 1.54. The number of thiazole rings is 1. The maximum atomic E-state index is 8.81. The highest BCUT2D eigenvalue weighted by molar-refractivity contribution is 7.11. The van der Waals surface area contributed by atoms with E-state index >= 15 is 0 Å². The molecule has 0 bridgehead atoms. The van der Waals surface area contributed by atoms with E-state index in [4.69, 9.17) is 14.7 Å². The fourth-order valence-electron chi connectivity index (χ4n) is 1.86. The van der Waals surface area contributed by atoms with Gasteiger partial charge in [-0.2, -0.15) is 5.26 Å². The average Bonchev–Trinajstić information content (AvgIpc) is 2.88. The molecule has 0 atom stereocenters. The lowest BCUT2D eigenvalue weighted by molar-refractivity contribution is 0.284.